The molecule has 0 aliphatic carbocycles. The van der Waals surface area contributed by atoms with Crippen LogP contribution in [0.1, 0.15) is 24.8 Å². The summed E-state index contributed by atoms with van der Waals surface area (Å²) in [5.74, 6) is 1.58. The molecular weight excluding hydrogens is 342 g/mol. The lowest BCUT2D eigenvalue weighted by Crippen LogP contribution is -2.42. The minimum atomic E-state index is -0.264. The number of aryl methyl sites for hydroxylation is 2. The van der Waals surface area contributed by atoms with Gasteiger partial charge < -0.3 is 14.5 Å². The third-order valence-electron chi connectivity index (χ3n) is 5.18. The molecular formula is C20H23N5O2. The van der Waals surface area contributed by atoms with E-state index < -0.39 is 0 Å². The van der Waals surface area contributed by atoms with Gasteiger partial charge in [-0.1, -0.05) is 12.1 Å². The fourth-order valence-corrected chi connectivity index (χ4v) is 3.59. The van der Waals surface area contributed by atoms with E-state index in [1.54, 1.807) is 12.4 Å². The largest absolute Gasteiger partial charge is 0.393 e. The van der Waals surface area contributed by atoms with Crippen LogP contribution < -0.4 is 4.90 Å². The van der Waals surface area contributed by atoms with E-state index in [1.807, 2.05) is 32.2 Å². The zero-order valence-corrected chi connectivity index (χ0v) is 15.8. The first kappa shape index (κ1) is 17.6. The maximum atomic E-state index is 10.0. The van der Waals surface area contributed by atoms with Gasteiger partial charge in [0.1, 0.15) is 5.76 Å². The Morgan fingerprint density at radius 2 is 2.00 bits per heavy atom. The quantitative estimate of drug-likeness (QED) is 0.763. The highest BCUT2D eigenvalue weighted by atomic mass is 16.5. The normalized spacial score (nSPS) is 20.1. The molecule has 0 amide bonds. The third-order valence-corrected chi connectivity index (χ3v) is 5.18. The number of rotatable bonds is 3. The van der Waals surface area contributed by atoms with Crippen molar-refractivity contribution in [1.29, 1.82) is 0 Å². The number of anilines is 1. The fraction of sp³-hybridized carbons (Fsp3) is 0.400. The van der Waals surface area contributed by atoms with Crippen LogP contribution in [0, 0.1) is 19.8 Å². The molecule has 1 aliphatic heterocycles. The van der Waals surface area contributed by atoms with E-state index in [2.05, 4.69) is 26.9 Å². The predicted molar refractivity (Wildman–Crippen MR) is 102 cm³/mol. The first-order valence-electron chi connectivity index (χ1n) is 9.18. The molecule has 2 atom stereocenters. The first-order valence-corrected chi connectivity index (χ1v) is 9.18. The Labute approximate surface area is 158 Å². The summed E-state index contributed by atoms with van der Waals surface area (Å²) in [5.41, 5.74) is 4.42. The SMILES string of the molecule is Cc1noc(C)c1-c1nc(N2CCC(O)C(C)C2)ncc1-c1ccncc1. The van der Waals surface area contributed by atoms with Gasteiger partial charge in [-0.2, -0.15) is 0 Å². The van der Waals surface area contributed by atoms with Crippen molar-refractivity contribution < 1.29 is 9.63 Å². The Morgan fingerprint density at radius 3 is 2.67 bits per heavy atom. The van der Waals surface area contributed by atoms with E-state index in [1.165, 1.54) is 0 Å². The van der Waals surface area contributed by atoms with Crippen LogP contribution in [-0.2, 0) is 0 Å². The number of aliphatic hydroxyl groups excluding tert-OH is 1. The van der Waals surface area contributed by atoms with E-state index in [4.69, 9.17) is 9.51 Å². The Bertz CT molecular complexity index is 921. The molecule has 0 saturated carbocycles. The fourth-order valence-electron chi connectivity index (χ4n) is 3.59. The topological polar surface area (TPSA) is 88.2 Å². The van der Waals surface area contributed by atoms with Crippen molar-refractivity contribution in [3.05, 3.63) is 42.2 Å². The standard InChI is InChI=1S/C20H23N5O2/c1-12-11-25(9-6-17(12)26)20-22-10-16(15-4-7-21-8-5-15)19(23-20)18-13(2)24-27-14(18)3/h4-5,7-8,10,12,17,26H,6,9,11H2,1-3H3. The van der Waals surface area contributed by atoms with Gasteiger partial charge >= 0.3 is 0 Å². The minimum Gasteiger partial charge on any atom is -0.393 e. The zero-order valence-electron chi connectivity index (χ0n) is 15.8. The van der Waals surface area contributed by atoms with Gasteiger partial charge in [0, 0.05) is 37.2 Å². The van der Waals surface area contributed by atoms with E-state index in [-0.39, 0.29) is 12.0 Å². The smallest absolute Gasteiger partial charge is 0.225 e. The molecule has 1 saturated heterocycles. The van der Waals surface area contributed by atoms with Gasteiger partial charge in [-0.05, 0) is 43.9 Å². The lowest BCUT2D eigenvalue weighted by atomic mass is 9.97. The number of piperidine rings is 1. The Kier molecular flexibility index (Phi) is 4.61. The van der Waals surface area contributed by atoms with Crippen LogP contribution in [-0.4, -0.2) is 44.4 Å². The van der Waals surface area contributed by atoms with Gasteiger partial charge in [0.2, 0.25) is 5.95 Å². The van der Waals surface area contributed by atoms with E-state index in [0.717, 1.165) is 53.3 Å². The summed E-state index contributed by atoms with van der Waals surface area (Å²) in [6, 6.07) is 3.89. The Morgan fingerprint density at radius 1 is 1.22 bits per heavy atom. The molecule has 2 unspecified atom stereocenters. The van der Waals surface area contributed by atoms with Crippen molar-refractivity contribution in [3.8, 4) is 22.4 Å². The molecule has 1 fully saturated rings. The van der Waals surface area contributed by atoms with Gasteiger partial charge in [-0.3, -0.25) is 4.98 Å². The second kappa shape index (κ2) is 7.08. The third kappa shape index (κ3) is 3.30. The minimum absolute atomic E-state index is 0.185. The monoisotopic (exact) mass is 365 g/mol. The summed E-state index contributed by atoms with van der Waals surface area (Å²) in [6.45, 7) is 7.34. The molecule has 27 heavy (non-hydrogen) atoms. The molecule has 3 aromatic rings. The van der Waals surface area contributed by atoms with Gasteiger partial charge in [0.25, 0.3) is 0 Å². The summed E-state index contributed by atoms with van der Waals surface area (Å²) >= 11 is 0. The van der Waals surface area contributed by atoms with Crippen LogP contribution in [0.4, 0.5) is 5.95 Å². The van der Waals surface area contributed by atoms with E-state index in [9.17, 15) is 5.11 Å². The molecule has 4 heterocycles. The highest BCUT2D eigenvalue weighted by molar-refractivity contribution is 5.82. The van der Waals surface area contributed by atoms with Crippen LogP contribution in [0.15, 0.2) is 35.2 Å². The molecule has 1 N–H and O–H groups in total. The highest BCUT2D eigenvalue weighted by Crippen LogP contribution is 2.35. The molecule has 1 aliphatic rings. The van der Waals surface area contributed by atoms with Crippen molar-refractivity contribution in [3.63, 3.8) is 0 Å². The van der Waals surface area contributed by atoms with Gasteiger partial charge in [-0.15, -0.1) is 0 Å². The van der Waals surface area contributed by atoms with Crippen molar-refractivity contribution in [2.45, 2.75) is 33.3 Å². The van der Waals surface area contributed by atoms with Gasteiger partial charge in [0.15, 0.2) is 0 Å². The molecule has 4 rings (SSSR count). The van der Waals surface area contributed by atoms with Crippen LogP contribution in [0.25, 0.3) is 22.4 Å². The average Bonchev–Trinajstić information content (AvgIpc) is 3.02. The van der Waals surface area contributed by atoms with Crippen molar-refractivity contribution >= 4 is 5.95 Å². The lowest BCUT2D eigenvalue weighted by Gasteiger charge is -2.34. The molecule has 0 aromatic carbocycles. The Hall–Kier alpha value is -2.80. The number of hydrogen-bond acceptors (Lipinski definition) is 7. The van der Waals surface area contributed by atoms with E-state index >= 15 is 0 Å². The summed E-state index contributed by atoms with van der Waals surface area (Å²) in [7, 11) is 0. The van der Waals surface area contributed by atoms with Crippen LogP contribution >= 0.6 is 0 Å². The van der Waals surface area contributed by atoms with Crippen LogP contribution in [0.5, 0.6) is 0 Å². The lowest BCUT2D eigenvalue weighted by molar-refractivity contribution is 0.0966. The average molecular weight is 365 g/mol. The molecule has 140 valence electrons. The number of aromatic nitrogens is 4. The van der Waals surface area contributed by atoms with Crippen LogP contribution in [0.2, 0.25) is 0 Å². The predicted octanol–water partition coefficient (Wildman–Crippen LogP) is 3.02. The van der Waals surface area contributed by atoms with Crippen molar-refractivity contribution in [1.82, 2.24) is 20.1 Å². The summed E-state index contributed by atoms with van der Waals surface area (Å²) in [5, 5.41) is 14.1. The van der Waals surface area contributed by atoms with Crippen molar-refractivity contribution in [2.75, 3.05) is 18.0 Å². The maximum absolute atomic E-state index is 10.0. The number of aliphatic hydroxyl groups is 1. The van der Waals surface area contributed by atoms with Crippen molar-refractivity contribution in [2.24, 2.45) is 5.92 Å². The van der Waals surface area contributed by atoms with Crippen LogP contribution in [0.3, 0.4) is 0 Å². The molecule has 7 nitrogen and oxygen atoms in total. The molecule has 7 heteroatoms. The highest BCUT2D eigenvalue weighted by Gasteiger charge is 2.27. The summed E-state index contributed by atoms with van der Waals surface area (Å²) < 4.78 is 5.39. The van der Waals surface area contributed by atoms with E-state index in [0.29, 0.717) is 5.95 Å². The first-order chi connectivity index (χ1) is 13.0. The molecule has 0 spiro atoms. The second-order valence-corrected chi connectivity index (χ2v) is 7.15. The molecule has 3 aromatic heterocycles. The summed E-state index contributed by atoms with van der Waals surface area (Å²) in [6.07, 6.45) is 5.83. The second-order valence-electron chi connectivity index (χ2n) is 7.15. The summed E-state index contributed by atoms with van der Waals surface area (Å²) in [4.78, 5) is 15.8. The molecule has 0 radical (unpaired) electrons. The number of pyridine rings is 1. The maximum Gasteiger partial charge on any atom is 0.225 e. The molecule has 0 bridgehead atoms. The number of nitrogens with zero attached hydrogens (tertiary/aromatic N) is 5. The number of hydrogen-bond donors (Lipinski definition) is 1. The zero-order chi connectivity index (χ0) is 19.0. The van der Waals surface area contributed by atoms with Gasteiger partial charge in [-0.25, -0.2) is 9.97 Å². The van der Waals surface area contributed by atoms with Gasteiger partial charge in [0.05, 0.1) is 23.1 Å². The Balaban J connectivity index is 1.82.